The molecule has 1 saturated heterocycles. The number of imidazole rings is 1. The molecule has 0 unspecified atom stereocenters. The van der Waals surface area contributed by atoms with Gasteiger partial charge in [0, 0.05) is 43.8 Å². The molecule has 0 bridgehead atoms. The number of hydrogen-bond donors (Lipinski definition) is 3. The Bertz CT molecular complexity index is 1250. The molecular weight excluding hydrogens is 486 g/mol. The van der Waals surface area contributed by atoms with Gasteiger partial charge in [-0.1, -0.05) is 25.5 Å². The van der Waals surface area contributed by atoms with Crippen molar-refractivity contribution in [2.45, 2.75) is 89.0 Å². The molecule has 0 radical (unpaired) electrons. The number of pyridine rings is 1. The molecule has 0 amide bonds. The lowest BCUT2D eigenvalue weighted by molar-refractivity contribution is 0.0942. The van der Waals surface area contributed by atoms with Crippen molar-refractivity contribution in [1.29, 1.82) is 0 Å². The molecule has 212 valence electrons. The Morgan fingerprint density at radius 3 is 2.51 bits per heavy atom. The number of aryl methyl sites for hydroxylation is 1. The molecule has 0 spiro atoms. The van der Waals surface area contributed by atoms with E-state index in [4.69, 9.17) is 9.97 Å². The zero-order valence-electron chi connectivity index (χ0n) is 24.6. The average Bonchev–Trinajstić information content (AvgIpc) is 3.22. The molecule has 1 saturated carbocycles. The van der Waals surface area contributed by atoms with Gasteiger partial charge in [0.1, 0.15) is 17.1 Å². The van der Waals surface area contributed by atoms with Crippen LogP contribution >= 0.6 is 0 Å². The lowest BCUT2D eigenvalue weighted by Crippen LogP contribution is -2.55. The Hall–Kier alpha value is -2.68. The lowest BCUT2D eigenvalue weighted by atomic mass is 9.74. The van der Waals surface area contributed by atoms with Gasteiger partial charge in [0.05, 0.1) is 17.9 Å². The van der Waals surface area contributed by atoms with Crippen molar-refractivity contribution in [3.8, 4) is 5.75 Å². The Kier molecular flexibility index (Phi) is 8.17. The second kappa shape index (κ2) is 11.4. The topological polar surface area (TPSA) is 81.5 Å². The first-order chi connectivity index (χ1) is 18.7. The van der Waals surface area contributed by atoms with Crippen LogP contribution in [0.5, 0.6) is 5.75 Å². The van der Waals surface area contributed by atoms with Gasteiger partial charge < -0.3 is 20.3 Å². The van der Waals surface area contributed by atoms with Crippen molar-refractivity contribution in [2.24, 2.45) is 7.05 Å². The van der Waals surface area contributed by atoms with E-state index in [0.717, 1.165) is 74.3 Å². The minimum Gasteiger partial charge on any atom is -0.508 e. The fraction of sp³-hybridized carbons (Fsp3) is 0.613. The molecule has 1 aliphatic carbocycles. The van der Waals surface area contributed by atoms with Crippen LogP contribution in [0.2, 0.25) is 0 Å². The van der Waals surface area contributed by atoms with E-state index in [1.165, 1.54) is 5.56 Å². The minimum absolute atomic E-state index is 0.0533. The number of anilines is 1. The van der Waals surface area contributed by atoms with Gasteiger partial charge in [-0.25, -0.2) is 9.97 Å². The number of phenolic OH excluding ortho intramolecular Hbond substituents is 1. The van der Waals surface area contributed by atoms with Crippen LogP contribution in [0.4, 0.5) is 5.69 Å². The maximum absolute atomic E-state index is 10.1. The van der Waals surface area contributed by atoms with E-state index in [9.17, 15) is 5.11 Å². The van der Waals surface area contributed by atoms with Crippen LogP contribution in [0.15, 0.2) is 36.5 Å². The standard InChI is InChI=1S/C31H47N7O/c1-7-9-28(38-19-21(2)33-22(3)20-38)30-35-27-17-25(18-32-29(27)37(30)6)34-24-12-14-31(15-13-24,36(4)5)23-10-8-11-26(39)16-23/h8,10-11,16-18,21-22,24,28,33-34,39H,7,9,12-15,19-20H2,1-6H3/t21-,22+,24?,28-,31?/m1/s1. The number of nitrogens with one attached hydrogen (secondary N) is 2. The van der Waals surface area contributed by atoms with Gasteiger partial charge in [0.25, 0.3) is 0 Å². The van der Waals surface area contributed by atoms with E-state index in [-0.39, 0.29) is 5.54 Å². The molecular formula is C31H47N7O. The number of aromatic nitrogens is 3. The maximum Gasteiger partial charge on any atom is 0.159 e. The highest BCUT2D eigenvalue weighted by Crippen LogP contribution is 2.42. The molecule has 2 aliphatic rings. The molecule has 8 nitrogen and oxygen atoms in total. The summed E-state index contributed by atoms with van der Waals surface area (Å²) in [5.74, 6) is 1.46. The minimum atomic E-state index is -0.0533. The Morgan fingerprint density at radius 1 is 1.15 bits per heavy atom. The zero-order chi connectivity index (χ0) is 27.7. The zero-order valence-corrected chi connectivity index (χ0v) is 24.6. The summed E-state index contributed by atoms with van der Waals surface area (Å²) in [6, 6.07) is 11.6. The van der Waals surface area contributed by atoms with Crippen molar-refractivity contribution in [3.05, 3.63) is 47.9 Å². The monoisotopic (exact) mass is 533 g/mol. The third kappa shape index (κ3) is 5.65. The smallest absolute Gasteiger partial charge is 0.159 e. The summed E-state index contributed by atoms with van der Waals surface area (Å²) >= 11 is 0. The van der Waals surface area contributed by atoms with Gasteiger partial charge >= 0.3 is 0 Å². The first kappa shape index (κ1) is 27.9. The predicted molar refractivity (Wildman–Crippen MR) is 159 cm³/mol. The number of aromatic hydroxyl groups is 1. The first-order valence-electron chi connectivity index (χ1n) is 14.8. The maximum atomic E-state index is 10.1. The van der Waals surface area contributed by atoms with Crippen LogP contribution in [-0.2, 0) is 12.6 Å². The van der Waals surface area contributed by atoms with Crippen LogP contribution in [0.25, 0.3) is 11.2 Å². The van der Waals surface area contributed by atoms with Crippen molar-refractivity contribution < 1.29 is 5.11 Å². The van der Waals surface area contributed by atoms with E-state index in [1.54, 1.807) is 6.07 Å². The van der Waals surface area contributed by atoms with Gasteiger partial charge in [-0.05, 0) is 83.8 Å². The van der Waals surface area contributed by atoms with Crippen LogP contribution in [0, 0.1) is 0 Å². The number of rotatable bonds is 8. The highest BCUT2D eigenvalue weighted by molar-refractivity contribution is 5.75. The molecule has 2 fully saturated rings. The van der Waals surface area contributed by atoms with Crippen LogP contribution in [0.1, 0.15) is 76.7 Å². The summed E-state index contributed by atoms with van der Waals surface area (Å²) in [6.07, 6.45) is 8.36. The normalized spacial score (nSPS) is 27.2. The largest absolute Gasteiger partial charge is 0.508 e. The number of hydrogen-bond acceptors (Lipinski definition) is 7. The second-order valence-electron chi connectivity index (χ2n) is 12.2. The molecule has 3 aromatic rings. The van der Waals surface area contributed by atoms with Gasteiger partial charge in [-0.2, -0.15) is 0 Å². The molecule has 8 heteroatoms. The third-order valence-electron chi connectivity index (χ3n) is 9.05. The predicted octanol–water partition coefficient (Wildman–Crippen LogP) is 5.01. The SMILES string of the molecule is CCC[C@H](c1nc2cc(NC3CCC(c4cccc(O)c4)(N(C)C)CC3)cnc2n1C)N1C[C@@H](C)N[C@@H](C)C1. The Labute approximate surface area is 233 Å². The summed E-state index contributed by atoms with van der Waals surface area (Å²) in [5.41, 5.74) is 4.11. The molecule has 1 aromatic carbocycles. The highest BCUT2D eigenvalue weighted by Gasteiger charge is 2.39. The van der Waals surface area contributed by atoms with Crippen LogP contribution in [0.3, 0.4) is 0 Å². The number of benzene rings is 1. The molecule has 39 heavy (non-hydrogen) atoms. The summed E-state index contributed by atoms with van der Waals surface area (Å²) in [4.78, 5) is 15.0. The van der Waals surface area contributed by atoms with E-state index >= 15 is 0 Å². The van der Waals surface area contributed by atoms with Crippen LogP contribution in [-0.4, -0.2) is 74.8 Å². The number of fused-ring (bicyclic) bond motifs is 1. The van der Waals surface area contributed by atoms with Gasteiger partial charge in [0.2, 0.25) is 0 Å². The molecule has 3 N–H and O–H groups in total. The van der Waals surface area contributed by atoms with E-state index in [2.05, 4.69) is 79.0 Å². The summed E-state index contributed by atoms with van der Waals surface area (Å²) in [7, 11) is 6.43. The number of phenols is 1. The van der Waals surface area contributed by atoms with Crippen LogP contribution < -0.4 is 10.6 Å². The Balaban J connectivity index is 1.32. The molecule has 5 rings (SSSR count). The van der Waals surface area contributed by atoms with Crippen molar-refractivity contribution in [2.75, 3.05) is 32.5 Å². The summed E-state index contributed by atoms with van der Waals surface area (Å²) in [6.45, 7) is 8.89. The summed E-state index contributed by atoms with van der Waals surface area (Å²) < 4.78 is 2.21. The van der Waals surface area contributed by atoms with Crippen molar-refractivity contribution in [1.82, 2.24) is 29.7 Å². The second-order valence-corrected chi connectivity index (χ2v) is 12.2. The number of piperazine rings is 1. The highest BCUT2D eigenvalue weighted by atomic mass is 16.3. The van der Waals surface area contributed by atoms with Gasteiger partial charge in [0.15, 0.2) is 5.65 Å². The van der Waals surface area contributed by atoms with E-state index < -0.39 is 0 Å². The average molecular weight is 534 g/mol. The van der Waals surface area contributed by atoms with Gasteiger partial charge in [-0.3, -0.25) is 9.80 Å². The van der Waals surface area contributed by atoms with E-state index in [0.29, 0.717) is 29.9 Å². The molecule has 3 atom stereocenters. The molecule has 3 heterocycles. The molecule has 2 aromatic heterocycles. The first-order valence-corrected chi connectivity index (χ1v) is 14.8. The van der Waals surface area contributed by atoms with Crippen molar-refractivity contribution in [3.63, 3.8) is 0 Å². The fourth-order valence-electron chi connectivity index (χ4n) is 7.11. The fourth-order valence-corrected chi connectivity index (χ4v) is 7.11. The quantitative estimate of drug-likeness (QED) is 0.376. The van der Waals surface area contributed by atoms with E-state index in [1.807, 2.05) is 18.3 Å². The van der Waals surface area contributed by atoms with Gasteiger partial charge in [-0.15, -0.1) is 0 Å². The van der Waals surface area contributed by atoms with Crippen molar-refractivity contribution >= 4 is 16.9 Å². The molecule has 1 aliphatic heterocycles. The number of nitrogens with zero attached hydrogens (tertiary/aromatic N) is 5. The summed E-state index contributed by atoms with van der Waals surface area (Å²) in [5, 5.41) is 17.5. The Morgan fingerprint density at radius 2 is 1.87 bits per heavy atom. The lowest BCUT2D eigenvalue weighted by Gasteiger charge is -2.46. The third-order valence-corrected chi connectivity index (χ3v) is 9.05.